The summed E-state index contributed by atoms with van der Waals surface area (Å²) in [6.07, 6.45) is 7.47. The number of fused-ring (bicyclic) bond motifs is 1. The molecule has 0 bridgehead atoms. The third-order valence-corrected chi connectivity index (χ3v) is 6.50. The molecule has 1 atom stereocenters. The van der Waals surface area contributed by atoms with Gasteiger partial charge in [0.05, 0.1) is 31.7 Å². The van der Waals surface area contributed by atoms with Gasteiger partial charge in [-0.3, -0.25) is 9.20 Å². The third kappa shape index (κ3) is 5.13. The Morgan fingerprint density at radius 3 is 2.71 bits per heavy atom. The highest BCUT2D eigenvalue weighted by molar-refractivity contribution is 6.02. The third-order valence-electron chi connectivity index (χ3n) is 6.50. The van der Waals surface area contributed by atoms with E-state index >= 15 is 0 Å². The van der Waals surface area contributed by atoms with E-state index in [9.17, 15) is 23.9 Å². The number of carbonyl (C=O) groups excluding carboxylic acids is 1. The van der Waals surface area contributed by atoms with E-state index in [1.54, 1.807) is 41.9 Å². The van der Waals surface area contributed by atoms with Gasteiger partial charge in [-0.1, -0.05) is 19.3 Å². The second-order valence-electron chi connectivity index (χ2n) is 9.08. The number of pyridine rings is 1. The molecular weight excluding hydrogens is 456 g/mol. The van der Waals surface area contributed by atoms with Gasteiger partial charge in [0.2, 0.25) is 0 Å². The number of imidazole rings is 1. The number of nitriles is 1. The molecule has 3 aromatic rings. The minimum Gasteiger partial charge on any atom is -0.496 e. The number of benzene rings is 1. The second kappa shape index (κ2) is 10.0. The fraction of sp³-hybridized carbons (Fsp3) is 0.423. The molecule has 4 rings (SSSR count). The first-order chi connectivity index (χ1) is 16.8. The Morgan fingerprint density at radius 2 is 2.09 bits per heavy atom. The zero-order valence-electron chi connectivity index (χ0n) is 19.6. The standard InChI is InChI=1S/C26H27F2N3O4/c1-26(14-29,15-32)18-8-9-31-19(13-30-23(31)12-18)17-10-21(34-2)24(22(11-17)35-25(27)28)20(33)5-3-4-16-6-7-16/h8-13,16,25,32H,3-7,15H2,1-2H3. The molecule has 1 aliphatic carbocycles. The van der Waals surface area contributed by atoms with Gasteiger partial charge in [0.15, 0.2) is 5.78 Å². The van der Waals surface area contributed by atoms with Crippen molar-refractivity contribution in [3.05, 3.63) is 47.8 Å². The Hall–Kier alpha value is -3.51. The van der Waals surface area contributed by atoms with Crippen molar-refractivity contribution in [3.8, 4) is 28.8 Å². The van der Waals surface area contributed by atoms with Crippen molar-refractivity contribution in [1.29, 1.82) is 5.26 Å². The number of hydrogen-bond donors (Lipinski definition) is 1. The Kier molecular flexibility index (Phi) is 7.03. The number of Topliss-reactive ketones (excluding diaryl/α,β-unsaturated/α-hetero) is 1. The van der Waals surface area contributed by atoms with Crippen LogP contribution in [-0.2, 0) is 5.41 Å². The summed E-state index contributed by atoms with van der Waals surface area (Å²) in [5.74, 6) is 0.281. The van der Waals surface area contributed by atoms with Crippen molar-refractivity contribution in [2.45, 2.75) is 51.1 Å². The summed E-state index contributed by atoms with van der Waals surface area (Å²) in [6, 6.07) is 8.50. The molecule has 184 valence electrons. The van der Waals surface area contributed by atoms with Crippen LogP contribution in [0.2, 0.25) is 0 Å². The smallest absolute Gasteiger partial charge is 0.387 e. The van der Waals surface area contributed by atoms with Crippen LogP contribution in [0.25, 0.3) is 16.9 Å². The van der Waals surface area contributed by atoms with Gasteiger partial charge in [0.25, 0.3) is 0 Å². The number of hydrogen-bond acceptors (Lipinski definition) is 6. The Morgan fingerprint density at radius 1 is 1.34 bits per heavy atom. The van der Waals surface area contributed by atoms with Gasteiger partial charge in [-0.15, -0.1) is 0 Å². The Bertz CT molecular complexity index is 1280. The van der Waals surface area contributed by atoms with Crippen molar-refractivity contribution in [2.75, 3.05) is 13.7 Å². The van der Waals surface area contributed by atoms with Gasteiger partial charge in [0, 0.05) is 18.2 Å². The molecule has 1 aliphatic rings. The van der Waals surface area contributed by atoms with Crippen LogP contribution in [0.1, 0.15) is 54.9 Å². The van der Waals surface area contributed by atoms with Gasteiger partial charge in [-0.25, -0.2) is 4.98 Å². The number of carbonyl (C=O) groups is 1. The average molecular weight is 484 g/mol. The predicted octanol–water partition coefficient (Wildman–Crippen LogP) is 5.15. The van der Waals surface area contributed by atoms with E-state index < -0.39 is 12.0 Å². The number of aromatic nitrogens is 2. The molecule has 2 aromatic heterocycles. The molecule has 0 aliphatic heterocycles. The molecule has 1 saturated carbocycles. The van der Waals surface area contributed by atoms with Crippen LogP contribution >= 0.6 is 0 Å². The molecule has 7 nitrogen and oxygen atoms in total. The summed E-state index contributed by atoms with van der Waals surface area (Å²) in [5.41, 5.74) is 1.05. The number of halogens is 2. The number of rotatable bonds is 11. The lowest BCUT2D eigenvalue weighted by Crippen LogP contribution is -2.24. The molecule has 1 N–H and O–H groups in total. The molecule has 35 heavy (non-hydrogen) atoms. The number of aliphatic hydroxyl groups excluding tert-OH is 1. The van der Waals surface area contributed by atoms with Gasteiger partial charge in [-0.05, 0) is 49.1 Å². The quantitative estimate of drug-likeness (QED) is 0.379. The summed E-state index contributed by atoms with van der Waals surface area (Å²) < 4.78 is 38.5. The van der Waals surface area contributed by atoms with E-state index in [2.05, 4.69) is 11.1 Å². The van der Waals surface area contributed by atoms with Crippen molar-refractivity contribution in [1.82, 2.24) is 9.38 Å². The zero-order valence-corrected chi connectivity index (χ0v) is 19.6. The number of methoxy groups -OCH3 is 1. The number of aliphatic hydroxyl groups is 1. The number of alkyl halides is 2. The molecule has 1 fully saturated rings. The largest absolute Gasteiger partial charge is 0.496 e. The number of ketones is 1. The molecule has 0 saturated heterocycles. The highest BCUT2D eigenvalue weighted by Crippen LogP contribution is 2.39. The number of ether oxygens (including phenoxy) is 2. The summed E-state index contributed by atoms with van der Waals surface area (Å²) >= 11 is 0. The first-order valence-corrected chi connectivity index (χ1v) is 11.5. The van der Waals surface area contributed by atoms with Crippen molar-refractivity contribution in [2.24, 2.45) is 5.92 Å². The van der Waals surface area contributed by atoms with Crippen LogP contribution in [0, 0.1) is 17.2 Å². The lowest BCUT2D eigenvalue weighted by Gasteiger charge is -2.19. The molecule has 0 radical (unpaired) electrons. The first kappa shape index (κ1) is 24.6. The molecule has 0 spiro atoms. The van der Waals surface area contributed by atoms with E-state index in [0.29, 0.717) is 34.8 Å². The van der Waals surface area contributed by atoms with Crippen LogP contribution in [0.5, 0.6) is 11.5 Å². The predicted molar refractivity (Wildman–Crippen MR) is 125 cm³/mol. The molecule has 2 heterocycles. The van der Waals surface area contributed by atoms with Gasteiger partial charge < -0.3 is 14.6 Å². The molecular formula is C26H27F2N3O4. The fourth-order valence-corrected chi connectivity index (χ4v) is 4.17. The molecule has 0 amide bonds. The van der Waals surface area contributed by atoms with Gasteiger partial charge in [0.1, 0.15) is 28.1 Å². The second-order valence-corrected chi connectivity index (χ2v) is 9.08. The lowest BCUT2D eigenvalue weighted by atomic mass is 9.85. The maximum Gasteiger partial charge on any atom is 0.387 e. The molecule has 1 aromatic carbocycles. The van der Waals surface area contributed by atoms with Crippen LogP contribution in [0.4, 0.5) is 8.78 Å². The highest BCUT2D eigenvalue weighted by atomic mass is 19.3. The fourth-order valence-electron chi connectivity index (χ4n) is 4.17. The summed E-state index contributed by atoms with van der Waals surface area (Å²) in [6.45, 7) is -1.84. The monoisotopic (exact) mass is 483 g/mol. The average Bonchev–Trinajstić information content (AvgIpc) is 3.58. The minimum absolute atomic E-state index is 0.0104. The Labute approximate surface area is 201 Å². The van der Waals surface area contributed by atoms with E-state index in [-0.39, 0.29) is 35.9 Å². The zero-order chi connectivity index (χ0) is 25.2. The first-order valence-electron chi connectivity index (χ1n) is 11.5. The van der Waals surface area contributed by atoms with Crippen LogP contribution < -0.4 is 9.47 Å². The van der Waals surface area contributed by atoms with Gasteiger partial charge in [-0.2, -0.15) is 14.0 Å². The van der Waals surface area contributed by atoms with E-state index in [4.69, 9.17) is 9.47 Å². The highest BCUT2D eigenvalue weighted by Gasteiger charge is 2.27. The van der Waals surface area contributed by atoms with E-state index in [1.807, 2.05) is 0 Å². The van der Waals surface area contributed by atoms with E-state index in [1.165, 1.54) is 26.0 Å². The SMILES string of the molecule is COc1cc(-c2cnc3cc(C(C)(C#N)CO)ccn23)cc(OC(F)F)c1C(=O)CCCC1CC1. The maximum atomic E-state index is 13.3. The topological polar surface area (TPSA) is 96.8 Å². The van der Waals surface area contributed by atoms with E-state index in [0.717, 1.165) is 6.42 Å². The van der Waals surface area contributed by atoms with Crippen LogP contribution in [0.3, 0.4) is 0 Å². The van der Waals surface area contributed by atoms with Crippen LogP contribution in [0.15, 0.2) is 36.7 Å². The molecule has 1 unspecified atom stereocenters. The Balaban J connectivity index is 1.74. The normalized spacial score (nSPS) is 15.1. The summed E-state index contributed by atoms with van der Waals surface area (Å²) in [5, 5.41) is 19.1. The lowest BCUT2D eigenvalue weighted by molar-refractivity contribution is -0.0502. The maximum absolute atomic E-state index is 13.3. The van der Waals surface area contributed by atoms with Crippen molar-refractivity contribution < 1.29 is 28.2 Å². The number of nitrogens with zero attached hydrogens (tertiary/aromatic N) is 3. The minimum atomic E-state index is -3.11. The van der Waals surface area contributed by atoms with Crippen LogP contribution in [-0.4, -0.2) is 40.6 Å². The van der Waals surface area contributed by atoms with Crippen molar-refractivity contribution in [3.63, 3.8) is 0 Å². The molecule has 9 heteroatoms. The van der Waals surface area contributed by atoms with Crippen molar-refractivity contribution >= 4 is 11.4 Å². The summed E-state index contributed by atoms with van der Waals surface area (Å²) in [7, 11) is 1.38. The van der Waals surface area contributed by atoms with Gasteiger partial charge >= 0.3 is 6.61 Å². The summed E-state index contributed by atoms with van der Waals surface area (Å²) in [4.78, 5) is 17.3.